The van der Waals surface area contributed by atoms with Crippen molar-refractivity contribution in [2.24, 2.45) is 0 Å². The first-order valence-corrected chi connectivity index (χ1v) is 11.8. The van der Waals surface area contributed by atoms with Crippen LogP contribution in [0.25, 0.3) is 22.4 Å². The van der Waals surface area contributed by atoms with E-state index in [1.165, 1.54) is 0 Å². The Hall–Kier alpha value is -4.70. The van der Waals surface area contributed by atoms with E-state index >= 15 is 0 Å². The first-order valence-electron chi connectivity index (χ1n) is 11.8. The van der Waals surface area contributed by atoms with Crippen molar-refractivity contribution in [3.8, 4) is 28.1 Å². The summed E-state index contributed by atoms with van der Waals surface area (Å²) >= 11 is 0. The predicted octanol–water partition coefficient (Wildman–Crippen LogP) is 6.66. The molecule has 4 aromatic carbocycles. The van der Waals surface area contributed by atoms with Crippen LogP contribution in [0.1, 0.15) is 22.0 Å². The average Bonchev–Trinajstić information content (AvgIpc) is 2.95. The maximum absolute atomic E-state index is 14.0. The first kappa shape index (κ1) is 23.1. The van der Waals surface area contributed by atoms with Gasteiger partial charge in [-0.05, 0) is 52.6 Å². The van der Waals surface area contributed by atoms with Gasteiger partial charge < -0.3 is 4.74 Å². The van der Waals surface area contributed by atoms with E-state index in [1.807, 2.05) is 97.1 Å². The Kier molecular flexibility index (Phi) is 6.59. The zero-order valence-corrected chi connectivity index (χ0v) is 19.9. The second kappa shape index (κ2) is 10.3. The lowest BCUT2D eigenvalue weighted by atomic mass is 9.95. The third-order valence-corrected chi connectivity index (χ3v) is 6.24. The molecule has 0 spiro atoms. The van der Waals surface area contributed by atoms with Crippen molar-refractivity contribution in [3.63, 3.8) is 0 Å². The highest BCUT2D eigenvalue weighted by atomic mass is 16.5. The summed E-state index contributed by atoms with van der Waals surface area (Å²) in [6.45, 7) is 0. The third kappa shape index (κ3) is 4.62. The maximum atomic E-state index is 14.0. The molecule has 176 valence electrons. The number of Topliss-reactive ketones (excluding diaryl/α,β-unsaturated/α-hetero) is 1. The van der Waals surface area contributed by atoms with E-state index in [4.69, 9.17) is 4.74 Å². The molecule has 1 aromatic heterocycles. The number of hydrogen-bond acceptors (Lipinski definition) is 3. The number of benzene rings is 4. The summed E-state index contributed by atoms with van der Waals surface area (Å²) < 4.78 is 6.88. The molecule has 1 unspecified atom stereocenters. The minimum atomic E-state index is -0.841. The maximum Gasteiger partial charge on any atom is 0.252 e. The molecule has 0 bridgehead atoms. The monoisotopic (exact) mass is 471 g/mol. The number of carbonyl (C=O) groups excluding carboxylic acids is 1. The second-order valence-electron chi connectivity index (χ2n) is 8.48. The summed E-state index contributed by atoms with van der Waals surface area (Å²) in [5.74, 6) is 0.493. The van der Waals surface area contributed by atoms with E-state index in [9.17, 15) is 9.59 Å². The Morgan fingerprint density at radius 2 is 1.22 bits per heavy atom. The highest BCUT2D eigenvalue weighted by molar-refractivity contribution is 6.01. The van der Waals surface area contributed by atoms with Gasteiger partial charge in [0.2, 0.25) is 0 Å². The average molecular weight is 472 g/mol. The van der Waals surface area contributed by atoms with Gasteiger partial charge in [-0.15, -0.1) is 0 Å². The molecule has 1 heterocycles. The summed E-state index contributed by atoms with van der Waals surface area (Å²) in [5.41, 5.74) is 4.28. The fourth-order valence-electron chi connectivity index (χ4n) is 4.44. The molecule has 1 atom stereocenters. The number of hydrogen-bond donors (Lipinski definition) is 0. The smallest absolute Gasteiger partial charge is 0.252 e. The summed E-state index contributed by atoms with van der Waals surface area (Å²) in [5, 5.41) is 0. The van der Waals surface area contributed by atoms with Gasteiger partial charge in [0.1, 0.15) is 11.8 Å². The molecular weight excluding hydrogens is 446 g/mol. The van der Waals surface area contributed by atoms with Crippen molar-refractivity contribution in [1.29, 1.82) is 0 Å². The van der Waals surface area contributed by atoms with Gasteiger partial charge in [0.05, 0.1) is 12.8 Å². The summed E-state index contributed by atoms with van der Waals surface area (Å²) in [7, 11) is 1.59. The molecule has 0 amide bonds. The summed E-state index contributed by atoms with van der Waals surface area (Å²) in [4.78, 5) is 27.9. The quantitative estimate of drug-likeness (QED) is 0.249. The molecule has 0 saturated heterocycles. The third-order valence-electron chi connectivity index (χ3n) is 6.24. The van der Waals surface area contributed by atoms with Crippen LogP contribution >= 0.6 is 0 Å². The molecule has 36 heavy (non-hydrogen) atoms. The number of rotatable bonds is 7. The predicted molar refractivity (Wildman–Crippen MR) is 143 cm³/mol. The zero-order chi connectivity index (χ0) is 24.9. The SMILES string of the molecule is COc1ccc(C(=O)C(c2ccccc2)n2c(-c3ccccc3)cc(-c3ccccc3)cc2=O)cc1. The highest BCUT2D eigenvalue weighted by Crippen LogP contribution is 2.31. The van der Waals surface area contributed by atoms with E-state index in [0.717, 1.165) is 22.3 Å². The molecule has 0 fully saturated rings. The lowest BCUT2D eigenvalue weighted by Gasteiger charge is -2.24. The lowest BCUT2D eigenvalue weighted by molar-refractivity contribution is 0.0945. The Balaban J connectivity index is 1.76. The minimum absolute atomic E-state index is 0.171. The van der Waals surface area contributed by atoms with Crippen LogP contribution in [-0.4, -0.2) is 17.5 Å². The fraction of sp³-hybridized carbons (Fsp3) is 0.0625. The molecule has 4 heteroatoms. The van der Waals surface area contributed by atoms with Crippen LogP contribution < -0.4 is 10.3 Å². The van der Waals surface area contributed by atoms with Crippen LogP contribution in [0.5, 0.6) is 5.75 Å². The van der Waals surface area contributed by atoms with Gasteiger partial charge in [-0.1, -0.05) is 91.0 Å². The standard InChI is InChI=1S/C32H25NO3/c1-36-28-19-17-26(18-20-28)32(35)31(25-15-9-4-10-16-25)33-29(24-13-7-3-8-14-24)21-27(22-30(33)34)23-11-5-2-6-12-23/h2-22,31H,1H3. The largest absolute Gasteiger partial charge is 0.497 e. The number of methoxy groups -OCH3 is 1. The van der Waals surface area contributed by atoms with Gasteiger partial charge in [-0.2, -0.15) is 0 Å². The van der Waals surface area contributed by atoms with Gasteiger partial charge in [0.25, 0.3) is 5.56 Å². The number of ketones is 1. The van der Waals surface area contributed by atoms with Crippen molar-refractivity contribution in [2.75, 3.05) is 7.11 Å². The van der Waals surface area contributed by atoms with E-state index < -0.39 is 6.04 Å². The molecule has 0 N–H and O–H groups in total. The summed E-state index contributed by atoms with van der Waals surface area (Å²) in [6, 6.07) is 38.7. The number of pyridine rings is 1. The molecule has 4 nitrogen and oxygen atoms in total. The van der Waals surface area contributed by atoms with Gasteiger partial charge in [-0.3, -0.25) is 14.2 Å². The van der Waals surface area contributed by atoms with E-state index in [-0.39, 0.29) is 11.3 Å². The number of carbonyl (C=O) groups is 1. The normalized spacial score (nSPS) is 11.6. The molecular formula is C32H25NO3. The molecule has 5 rings (SSSR count). The van der Waals surface area contributed by atoms with E-state index in [0.29, 0.717) is 17.0 Å². The summed E-state index contributed by atoms with van der Waals surface area (Å²) in [6.07, 6.45) is 0. The van der Waals surface area contributed by atoms with Crippen molar-refractivity contribution in [2.45, 2.75) is 6.04 Å². The van der Waals surface area contributed by atoms with Crippen molar-refractivity contribution >= 4 is 5.78 Å². The molecule has 5 aromatic rings. The Morgan fingerprint density at radius 1 is 0.667 bits per heavy atom. The van der Waals surface area contributed by atoms with Crippen molar-refractivity contribution < 1.29 is 9.53 Å². The van der Waals surface area contributed by atoms with Gasteiger partial charge in [-0.25, -0.2) is 0 Å². The second-order valence-corrected chi connectivity index (χ2v) is 8.48. The Labute approximate surface area is 210 Å². The lowest BCUT2D eigenvalue weighted by Crippen LogP contribution is -2.32. The topological polar surface area (TPSA) is 48.3 Å². The van der Waals surface area contributed by atoms with Crippen LogP contribution in [-0.2, 0) is 0 Å². The van der Waals surface area contributed by atoms with Crippen LogP contribution in [0.2, 0.25) is 0 Å². The first-order chi connectivity index (χ1) is 17.7. The molecule has 0 saturated carbocycles. The van der Waals surface area contributed by atoms with Crippen molar-refractivity contribution in [1.82, 2.24) is 4.57 Å². The van der Waals surface area contributed by atoms with Gasteiger partial charge in [0.15, 0.2) is 5.78 Å². The van der Waals surface area contributed by atoms with Crippen molar-refractivity contribution in [3.05, 3.63) is 149 Å². The van der Waals surface area contributed by atoms with Gasteiger partial charge in [0, 0.05) is 11.6 Å². The molecule has 0 aliphatic carbocycles. The van der Waals surface area contributed by atoms with Crippen LogP contribution in [0.15, 0.2) is 132 Å². The van der Waals surface area contributed by atoms with E-state index in [2.05, 4.69) is 0 Å². The van der Waals surface area contributed by atoms with Crippen LogP contribution in [0.4, 0.5) is 0 Å². The molecule has 0 aliphatic heterocycles. The Bertz CT molecular complexity index is 1520. The number of nitrogens with zero attached hydrogens (tertiary/aromatic N) is 1. The highest BCUT2D eigenvalue weighted by Gasteiger charge is 2.28. The van der Waals surface area contributed by atoms with Crippen LogP contribution in [0.3, 0.4) is 0 Å². The number of ether oxygens (including phenoxy) is 1. The zero-order valence-electron chi connectivity index (χ0n) is 19.9. The minimum Gasteiger partial charge on any atom is -0.497 e. The molecule has 0 radical (unpaired) electrons. The molecule has 0 aliphatic rings. The van der Waals surface area contributed by atoms with Crippen LogP contribution in [0, 0.1) is 0 Å². The number of aromatic nitrogens is 1. The fourth-order valence-corrected chi connectivity index (χ4v) is 4.44. The van der Waals surface area contributed by atoms with E-state index in [1.54, 1.807) is 42.0 Å². The Morgan fingerprint density at radius 3 is 1.81 bits per heavy atom. The van der Waals surface area contributed by atoms with Gasteiger partial charge >= 0.3 is 0 Å².